The number of carbonyl (C=O) groups is 1. The minimum absolute atomic E-state index is 0.0687. The number of rotatable bonds is 2. The molecule has 4 heteroatoms. The Morgan fingerprint density at radius 2 is 1.94 bits per heavy atom. The first kappa shape index (κ1) is 13.7. The molecule has 0 N–H and O–H groups in total. The molecule has 1 saturated heterocycles. The average molecular weight is 286 g/mol. The zero-order chi connectivity index (χ0) is 13.0. The lowest BCUT2D eigenvalue weighted by atomic mass is 10.1. The van der Waals surface area contributed by atoms with Crippen LogP contribution in [0.3, 0.4) is 0 Å². The summed E-state index contributed by atoms with van der Waals surface area (Å²) in [6.07, 6.45) is 4.40. The highest BCUT2D eigenvalue weighted by molar-refractivity contribution is 6.30. The monoisotopic (exact) mass is 285 g/mol. The molecule has 0 aliphatic carbocycles. The SMILES string of the molecule is O=C(c1ccc(Cl)cc1)N1CCCCCC1CCl. The molecule has 2 rings (SSSR count). The quantitative estimate of drug-likeness (QED) is 0.753. The van der Waals surface area contributed by atoms with E-state index in [2.05, 4.69) is 0 Å². The van der Waals surface area contributed by atoms with Crippen molar-refractivity contribution in [3.63, 3.8) is 0 Å². The Bertz CT molecular complexity index is 405. The summed E-state index contributed by atoms with van der Waals surface area (Å²) in [5.74, 6) is 0.582. The van der Waals surface area contributed by atoms with Crippen LogP contribution in [0, 0.1) is 0 Å². The van der Waals surface area contributed by atoms with Crippen molar-refractivity contribution in [2.75, 3.05) is 12.4 Å². The fourth-order valence-corrected chi connectivity index (χ4v) is 2.81. The van der Waals surface area contributed by atoms with E-state index in [9.17, 15) is 4.79 Å². The van der Waals surface area contributed by atoms with E-state index in [1.807, 2.05) is 4.90 Å². The lowest BCUT2D eigenvalue weighted by molar-refractivity contribution is 0.0700. The van der Waals surface area contributed by atoms with Gasteiger partial charge in [0.1, 0.15) is 0 Å². The Morgan fingerprint density at radius 1 is 1.22 bits per heavy atom. The van der Waals surface area contributed by atoms with E-state index < -0.39 is 0 Å². The zero-order valence-electron chi connectivity index (χ0n) is 10.2. The third kappa shape index (κ3) is 3.18. The molecular weight excluding hydrogens is 269 g/mol. The number of nitrogens with zero attached hydrogens (tertiary/aromatic N) is 1. The smallest absolute Gasteiger partial charge is 0.254 e. The van der Waals surface area contributed by atoms with Crippen LogP contribution in [0.5, 0.6) is 0 Å². The lowest BCUT2D eigenvalue weighted by Crippen LogP contribution is -2.41. The molecule has 98 valence electrons. The number of carbonyl (C=O) groups excluding carboxylic acids is 1. The van der Waals surface area contributed by atoms with Crippen molar-refractivity contribution in [1.82, 2.24) is 4.90 Å². The minimum atomic E-state index is 0.0687. The molecule has 2 nitrogen and oxygen atoms in total. The second-order valence-electron chi connectivity index (χ2n) is 4.66. The number of likely N-dealkylation sites (tertiary alicyclic amines) is 1. The molecule has 1 unspecified atom stereocenters. The van der Waals surface area contributed by atoms with Crippen LogP contribution in [0.15, 0.2) is 24.3 Å². The molecular formula is C14H17Cl2NO. The van der Waals surface area contributed by atoms with Gasteiger partial charge in [-0.2, -0.15) is 0 Å². The molecule has 0 spiro atoms. The number of hydrogen-bond donors (Lipinski definition) is 0. The minimum Gasteiger partial charge on any atom is -0.334 e. The predicted molar refractivity (Wildman–Crippen MR) is 75.5 cm³/mol. The first-order valence-electron chi connectivity index (χ1n) is 6.35. The van der Waals surface area contributed by atoms with E-state index >= 15 is 0 Å². The Hall–Kier alpha value is -0.730. The van der Waals surface area contributed by atoms with Gasteiger partial charge in [0.2, 0.25) is 0 Å². The molecule has 1 heterocycles. The topological polar surface area (TPSA) is 20.3 Å². The third-order valence-electron chi connectivity index (χ3n) is 3.41. The van der Waals surface area contributed by atoms with Crippen LogP contribution in [-0.4, -0.2) is 29.3 Å². The van der Waals surface area contributed by atoms with Gasteiger partial charge in [0.15, 0.2) is 0 Å². The van der Waals surface area contributed by atoms with Crippen molar-refractivity contribution >= 4 is 29.1 Å². The maximum atomic E-state index is 12.5. The summed E-state index contributed by atoms with van der Waals surface area (Å²) in [4.78, 5) is 14.4. The van der Waals surface area contributed by atoms with E-state index in [-0.39, 0.29) is 11.9 Å². The van der Waals surface area contributed by atoms with Crippen LogP contribution in [0.25, 0.3) is 0 Å². The molecule has 1 aromatic rings. The largest absolute Gasteiger partial charge is 0.334 e. The zero-order valence-corrected chi connectivity index (χ0v) is 11.8. The van der Waals surface area contributed by atoms with Gasteiger partial charge in [-0.25, -0.2) is 0 Å². The summed E-state index contributed by atoms with van der Waals surface area (Å²) in [7, 11) is 0. The summed E-state index contributed by atoms with van der Waals surface area (Å²) in [5.41, 5.74) is 0.691. The first-order valence-corrected chi connectivity index (χ1v) is 7.26. The molecule has 1 atom stereocenters. The Kier molecular flexibility index (Phi) is 4.90. The summed E-state index contributed by atoms with van der Waals surface area (Å²) in [5, 5.41) is 0.649. The van der Waals surface area contributed by atoms with Gasteiger partial charge in [0.25, 0.3) is 5.91 Å². The molecule has 0 saturated carbocycles. The van der Waals surface area contributed by atoms with Gasteiger partial charge in [-0.15, -0.1) is 11.6 Å². The van der Waals surface area contributed by atoms with Crippen LogP contribution < -0.4 is 0 Å². The number of benzene rings is 1. The van der Waals surface area contributed by atoms with E-state index in [0.29, 0.717) is 16.5 Å². The van der Waals surface area contributed by atoms with Gasteiger partial charge in [0, 0.05) is 29.1 Å². The summed E-state index contributed by atoms with van der Waals surface area (Å²) >= 11 is 11.8. The van der Waals surface area contributed by atoms with Gasteiger partial charge in [-0.1, -0.05) is 24.4 Å². The fraction of sp³-hybridized carbons (Fsp3) is 0.500. The van der Waals surface area contributed by atoms with Gasteiger partial charge < -0.3 is 4.90 Å². The second kappa shape index (κ2) is 6.44. The first-order chi connectivity index (χ1) is 8.72. The number of amides is 1. The number of halogens is 2. The van der Waals surface area contributed by atoms with Crippen LogP contribution in [0.4, 0.5) is 0 Å². The molecule has 1 aromatic carbocycles. The highest BCUT2D eigenvalue weighted by Crippen LogP contribution is 2.21. The predicted octanol–water partition coefficient (Wildman–Crippen LogP) is 3.96. The molecule has 0 bridgehead atoms. The normalized spacial score (nSPS) is 20.6. The third-order valence-corrected chi connectivity index (χ3v) is 4.02. The van der Waals surface area contributed by atoms with Gasteiger partial charge >= 0.3 is 0 Å². The second-order valence-corrected chi connectivity index (χ2v) is 5.41. The highest BCUT2D eigenvalue weighted by Gasteiger charge is 2.25. The van der Waals surface area contributed by atoms with Crippen molar-refractivity contribution in [3.8, 4) is 0 Å². The molecule has 1 aliphatic heterocycles. The highest BCUT2D eigenvalue weighted by atomic mass is 35.5. The molecule has 1 fully saturated rings. The summed E-state index contributed by atoms with van der Waals surface area (Å²) in [6.45, 7) is 0.804. The van der Waals surface area contributed by atoms with Crippen LogP contribution >= 0.6 is 23.2 Å². The number of hydrogen-bond acceptors (Lipinski definition) is 1. The van der Waals surface area contributed by atoms with Crippen LogP contribution in [0.1, 0.15) is 36.0 Å². The van der Waals surface area contributed by atoms with E-state index in [1.54, 1.807) is 24.3 Å². The number of alkyl halides is 1. The summed E-state index contributed by atoms with van der Waals surface area (Å²) in [6, 6.07) is 7.23. The van der Waals surface area contributed by atoms with Crippen molar-refractivity contribution in [2.24, 2.45) is 0 Å². The molecule has 0 aromatic heterocycles. The van der Waals surface area contributed by atoms with Crippen molar-refractivity contribution in [3.05, 3.63) is 34.9 Å². The molecule has 0 radical (unpaired) electrons. The van der Waals surface area contributed by atoms with Crippen LogP contribution in [0.2, 0.25) is 5.02 Å². The molecule has 18 heavy (non-hydrogen) atoms. The standard InChI is InChI=1S/C14H17Cl2NO/c15-10-13-4-2-1-3-9-17(13)14(18)11-5-7-12(16)8-6-11/h5-8,13H,1-4,9-10H2. The van der Waals surface area contributed by atoms with E-state index in [0.717, 1.165) is 25.8 Å². The van der Waals surface area contributed by atoms with Crippen LogP contribution in [-0.2, 0) is 0 Å². The Balaban J connectivity index is 2.17. The lowest BCUT2D eigenvalue weighted by Gasteiger charge is -2.28. The van der Waals surface area contributed by atoms with Gasteiger partial charge in [-0.3, -0.25) is 4.79 Å². The van der Waals surface area contributed by atoms with Gasteiger partial charge in [0.05, 0.1) is 0 Å². The maximum absolute atomic E-state index is 12.5. The Labute approximate surface area is 118 Å². The maximum Gasteiger partial charge on any atom is 0.254 e. The van der Waals surface area contributed by atoms with Crippen molar-refractivity contribution in [1.29, 1.82) is 0 Å². The van der Waals surface area contributed by atoms with E-state index in [1.165, 1.54) is 6.42 Å². The van der Waals surface area contributed by atoms with Gasteiger partial charge in [-0.05, 0) is 37.1 Å². The Morgan fingerprint density at radius 3 is 2.61 bits per heavy atom. The van der Waals surface area contributed by atoms with Crippen molar-refractivity contribution in [2.45, 2.75) is 31.7 Å². The average Bonchev–Trinajstić information content (AvgIpc) is 2.63. The fourth-order valence-electron chi connectivity index (χ4n) is 2.36. The van der Waals surface area contributed by atoms with Crippen molar-refractivity contribution < 1.29 is 4.79 Å². The van der Waals surface area contributed by atoms with E-state index in [4.69, 9.17) is 23.2 Å². The molecule has 1 aliphatic rings. The summed E-state index contributed by atoms with van der Waals surface area (Å²) < 4.78 is 0. The molecule has 1 amide bonds.